The van der Waals surface area contributed by atoms with E-state index in [-0.39, 0.29) is 0 Å². The summed E-state index contributed by atoms with van der Waals surface area (Å²) in [7, 11) is 3.87. The van der Waals surface area contributed by atoms with Gasteiger partial charge >= 0.3 is 0 Å². The number of methoxy groups -OCH3 is 1. The molecule has 2 nitrogen and oxygen atoms in total. The maximum atomic E-state index is 5.48. The average Bonchev–Trinajstić information content (AvgIpc) is 2.53. The van der Waals surface area contributed by atoms with Gasteiger partial charge < -0.3 is 10.1 Å². The van der Waals surface area contributed by atoms with Crippen LogP contribution in [0, 0.1) is 11.8 Å². The molecule has 1 aliphatic rings. The number of hydrogen-bond donors (Lipinski definition) is 1. The molecule has 1 aromatic rings. The highest BCUT2D eigenvalue weighted by Gasteiger charge is 2.26. The van der Waals surface area contributed by atoms with Crippen molar-refractivity contribution < 1.29 is 4.74 Å². The molecule has 1 aliphatic carbocycles. The molecule has 0 aromatic heterocycles. The molecular weight excluding hydrogens is 246 g/mol. The lowest BCUT2D eigenvalue weighted by molar-refractivity contribution is 0.221. The van der Waals surface area contributed by atoms with Gasteiger partial charge in [-0.3, -0.25) is 0 Å². The van der Waals surface area contributed by atoms with Gasteiger partial charge in [0.25, 0.3) is 0 Å². The minimum absolute atomic E-state index is 0.573. The van der Waals surface area contributed by atoms with Crippen molar-refractivity contribution in [2.24, 2.45) is 11.8 Å². The van der Waals surface area contributed by atoms with Crippen molar-refractivity contribution >= 4 is 0 Å². The smallest absolute Gasteiger partial charge is 0.122 e. The molecule has 0 radical (unpaired) electrons. The maximum Gasteiger partial charge on any atom is 0.122 e. The molecule has 112 valence electrons. The van der Waals surface area contributed by atoms with E-state index in [1.807, 2.05) is 6.07 Å². The van der Waals surface area contributed by atoms with Gasteiger partial charge in [0, 0.05) is 6.04 Å². The summed E-state index contributed by atoms with van der Waals surface area (Å²) < 4.78 is 5.48. The fourth-order valence-corrected chi connectivity index (χ4v) is 3.61. The summed E-state index contributed by atoms with van der Waals surface area (Å²) in [6.45, 7) is 2.33. The second kappa shape index (κ2) is 7.68. The molecule has 1 saturated carbocycles. The van der Waals surface area contributed by atoms with Gasteiger partial charge in [-0.1, -0.05) is 44.4 Å². The second-order valence-electron chi connectivity index (χ2n) is 6.10. The molecule has 1 fully saturated rings. The summed E-state index contributed by atoms with van der Waals surface area (Å²) in [6, 6.07) is 8.99. The molecule has 0 heterocycles. The normalized spacial score (nSPS) is 24.4. The van der Waals surface area contributed by atoms with Crippen LogP contribution in [0.5, 0.6) is 5.75 Å². The van der Waals surface area contributed by atoms with Gasteiger partial charge in [0.2, 0.25) is 0 Å². The van der Waals surface area contributed by atoms with E-state index in [1.54, 1.807) is 7.11 Å². The van der Waals surface area contributed by atoms with E-state index >= 15 is 0 Å². The Morgan fingerprint density at radius 1 is 1.20 bits per heavy atom. The Morgan fingerprint density at radius 3 is 2.50 bits per heavy atom. The zero-order valence-corrected chi connectivity index (χ0v) is 13.2. The highest BCUT2D eigenvalue weighted by molar-refractivity contribution is 5.33. The average molecular weight is 275 g/mol. The molecule has 20 heavy (non-hydrogen) atoms. The summed E-state index contributed by atoms with van der Waals surface area (Å²) in [5, 5.41) is 3.55. The van der Waals surface area contributed by atoms with E-state index in [2.05, 4.69) is 37.5 Å². The molecule has 1 atom stereocenters. The summed E-state index contributed by atoms with van der Waals surface area (Å²) in [5.74, 6) is 2.80. The molecule has 1 N–H and O–H groups in total. The van der Waals surface area contributed by atoms with Crippen LogP contribution in [-0.4, -0.2) is 20.2 Å². The number of likely N-dealkylation sites (N-methyl/N-ethyl adjacent to an activating group) is 1. The largest absolute Gasteiger partial charge is 0.496 e. The fraction of sp³-hybridized carbons (Fsp3) is 0.667. The predicted octanol–water partition coefficient (Wildman–Crippen LogP) is 4.04. The van der Waals surface area contributed by atoms with E-state index in [4.69, 9.17) is 4.74 Å². The van der Waals surface area contributed by atoms with Crippen molar-refractivity contribution in [3.05, 3.63) is 29.8 Å². The van der Waals surface area contributed by atoms with E-state index in [9.17, 15) is 0 Å². The molecule has 0 aliphatic heterocycles. The van der Waals surface area contributed by atoms with E-state index < -0.39 is 0 Å². The second-order valence-corrected chi connectivity index (χ2v) is 6.10. The van der Waals surface area contributed by atoms with E-state index in [0.717, 1.165) is 24.0 Å². The SMILES string of the molecule is CCC1CCC(C(Cc2ccccc2OC)NC)CC1. The van der Waals surface area contributed by atoms with Crippen molar-refractivity contribution in [3.8, 4) is 5.75 Å². The minimum atomic E-state index is 0.573. The molecule has 0 saturated heterocycles. The monoisotopic (exact) mass is 275 g/mol. The Kier molecular flexibility index (Phi) is 5.90. The first-order chi connectivity index (χ1) is 9.78. The molecule has 0 spiro atoms. The van der Waals surface area contributed by atoms with Crippen LogP contribution in [0.1, 0.15) is 44.6 Å². The van der Waals surface area contributed by atoms with Crippen molar-refractivity contribution in [1.82, 2.24) is 5.32 Å². The highest BCUT2D eigenvalue weighted by Crippen LogP contribution is 2.34. The standard InChI is InChI=1S/C18H29NO/c1-4-14-9-11-15(12-10-14)17(19-2)13-16-7-5-6-8-18(16)20-3/h5-8,14-15,17,19H,4,9-13H2,1-3H3. The van der Waals surface area contributed by atoms with Gasteiger partial charge in [0.1, 0.15) is 5.75 Å². The van der Waals surface area contributed by atoms with Crippen LogP contribution in [0.25, 0.3) is 0 Å². The van der Waals surface area contributed by atoms with Gasteiger partial charge in [-0.15, -0.1) is 0 Å². The Bertz CT molecular complexity index is 396. The fourth-order valence-electron chi connectivity index (χ4n) is 3.61. The number of hydrogen-bond acceptors (Lipinski definition) is 2. The van der Waals surface area contributed by atoms with E-state index in [0.29, 0.717) is 6.04 Å². The predicted molar refractivity (Wildman–Crippen MR) is 85.3 cm³/mol. The molecule has 2 heteroatoms. The zero-order chi connectivity index (χ0) is 14.4. The molecule has 1 aromatic carbocycles. The molecular formula is C18H29NO. The van der Waals surface area contributed by atoms with Crippen molar-refractivity contribution in [2.45, 2.75) is 51.5 Å². The van der Waals surface area contributed by atoms with Crippen molar-refractivity contribution in [3.63, 3.8) is 0 Å². The van der Waals surface area contributed by atoms with Gasteiger partial charge in [-0.05, 0) is 49.8 Å². The molecule has 0 amide bonds. The first-order valence-corrected chi connectivity index (χ1v) is 8.07. The molecule has 0 bridgehead atoms. The highest BCUT2D eigenvalue weighted by atomic mass is 16.5. The first-order valence-electron chi connectivity index (χ1n) is 8.07. The van der Waals surface area contributed by atoms with Gasteiger partial charge in [0.15, 0.2) is 0 Å². The van der Waals surface area contributed by atoms with Crippen LogP contribution in [0.15, 0.2) is 24.3 Å². The summed E-state index contributed by atoms with van der Waals surface area (Å²) in [6.07, 6.45) is 7.99. The Balaban J connectivity index is 1.98. The lowest BCUT2D eigenvalue weighted by Crippen LogP contribution is -2.37. The lowest BCUT2D eigenvalue weighted by atomic mass is 9.76. The van der Waals surface area contributed by atoms with Crippen LogP contribution in [0.3, 0.4) is 0 Å². The minimum Gasteiger partial charge on any atom is -0.496 e. The third-order valence-electron chi connectivity index (χ3n) is 5.04. The van der Waals surface area contributed by atoms with Crippen LogP contribution in [0.4, 0.5) is 0 Å². The van der Waals surface area contributed by atoms with Crippen molar-refractivity contribution in [1.29, 1.82) is 0 Å². The van der Waals surface area contributed by atoms with Crippen LogP contribution >= 0.6 is 0 Å². The van der Waals surface area contributed by atoms with Gasteiger partial charge in [0.05, 0.1) is 7.11 Å². The summed E-state index contributed by atoms with van der Waals surface area (Å²) >= 11 is 0. The van der Waals surface area contributed by atoms with Crippen LogP contribution in [0.2, 0.25) is 0 Å². The third-order valence-corrected chi connectivity index (χ3v) is 5.04. The summed E-state index contributed by atoms with van der Waals surface area (Å²) in [4.78, 5) is 0. The maximum absolute atomic E-state index is 5.48. The number of para-hydroxylation sites is 1. The van der Waals surface area contributed by atoms with Crippen LogP contribution < -0.4 is 10.1 Å². The topological polar surface area (TPSA) is 21.3 Å². The number of nitrogens with one attached hydrogen (secondary N) is 1. The number of ether oxygens (including phenoxy) is 1. The Labute approximate surface area is 123 Å². The molecule has 1 unspecified atom stereocenters. The van der Waals surface area contributed by atoms with Crippen molar-refractivity contribution in [2.75, 3.05) is 14.2 Å². The third kappa shape index (κ3) is 3.76. The molecule has 2 rings (SSSR count). The van der Waals surface area contributed by atoms with Gasteiger partial charge in [-0.2, -0.15) is 0 Å². The van der Waals surface area contributed by atoms with Crippen LogP contribution in [-0.2, 0) is 6.42 Å². The Hall–Kier alpha value is -1.02. The lowest BCUT2D eigenvalue weighted by Gasteiger charge is -2.33. The zero-order valence-electron chi connectivity index (χ0n) is 13.2. The first kappa shape index (κ1) is 15.4. The quantitative estimate of drug-likeness (QED) is 0.846. The summed E-state index contributed by atoms with van der Waals surface area (Å²) in [5.41, 5.74) is 1.33. The van der Waals surface area contributed by atoms with Gasteiger partial charge in [-0.25, -0.2) is 0 Å². The number of rotatable bonds is 6. The van der Waals surface area contributed by atoms with E-state index in [1.165, 1.54) is 37.7 Å². The number of benzene rings is 1. The Morgan fingerprint density at radius 2 is 1.90 bits per heavy atom.